The fraction of sp³-hybridized carbons (Fsp3) is 0.176. The fourth-order valence-electron chi connectivity index (χ4n) is 2.06. The molecule has 2 amide bonds. The first kappa shape index (κ1) is 16.4. The van der Waals surface area contributed by atoms with Gasteiger partial charge in [0.1, 0.15) is 0 Å². The van der Waals surface area contributed by atoms with Gasteiger partial charge in [0, 0.05) is 12.8 Å². The highest BCUT2D eigenvalue weighted by atomic mass is 16.2. The summed E-state index contributed by atoms with van der Waals surface area (Å²) >= 11 is 0. The Kier molecular flexibility index (Phi) is 5.57. The van der Waals surface area contributed by atoms with Gasteiger partial charge in [0.05, 0.1) is 22.7 Å². The molecule has 2 rings (SSSR count). The Morgan fingerprint density at radius 3 is 1.52 bits per heavy atom. The highest BCUT2D eigenvalue weighted by Crippen LogP contribution is 2.18. The zero-order valence-electron chi connectivity index (χ0n) is 12.7. The molecule has 120 valence electrons. The van der Waals surface area contributed by atoms with E-state index in [0.29, 0.717) is 29.2 Å². The lowest BCUT2D eigenvalue weighted by Gasteiger charge is -2.09. The summed E-state index contributed by atoms with van der Waals surface area (Å²) in [4.78, 5) is 23.7. The Bertz CT molecular complexity index is 641. The predicted octanol–water partition coefficient (Wildman–Crippen LogP) is 2.60. The standard InChI is InChI=1S/C17H20N4O2/c18-12-6-1-3-8-14(12)20-16(22)10-5-11-17(23)21-15-9-4-2-7-13(15)19/h1-4,6-9H,5,10-11,18-19H2,(H,20,22)(H,21,23). The average Bonchev–Trinajstić information content (AvgIpc) is 2.52. The first-order valence-electron chi connectivity index (χ1n) is 7.35. The second-order valence-electron chi connectivity index (χ2n) is 5.12. The molecule has 6 nitrogen and oxygen atoms in total. The lowest BCUT2D eigenvalue weighted by Crippen LogP contribution is -2.16. The van der Waals surface area contributed by atoms with Gasteiger partial charge < -0.3 is 22.1 Å². The molecule has 6 heteroatoms. The van der Waals surface area contributed by atoms with Crippen LogP contribution in [0.4, 0.5) is 22.7 Å². The molecule has 0 aliphatic carbocycles. The van der Waals surface area contributed by atoms with E-state index in [4.69, 9.17) is 11.5 Å². The van der Waals surface area contributed by atoms with Crippen molar-refractivity contribution < 1.29 is 9.59 Å². The number of amides is 2. The van der Waals surface area contributed by atoms with Gasteiger partial charge in [0.2, 0.25) is 11.8 Å². The Morgan fingerprint density at radius 2 is 1.13 bits per heavy atom. The lowest BCUT2D eigenvalue weighted by molar-refractivity contribution is -0.117. The largest absolute Gasteiger partial charge is 0.397 e. The van der Waals surface area contributed by atoms with Gasteiger partial charge in [-0.3, -0.25) is 9.59 Å². The van der Waals surface area contributed by atoms with Crippen LogP contribution in [0.25, 0.3) is 0 Å². The first-order chi connectivity index (χ1) is 11.1. The van der Waals surface area contributed by atoms with Crippen molar-refractivity contribution >= 4 is 34.6 Å². The van der Waals surface area contributed by atoms with E-state index in [1.807, 2.05) is 0 Å². The number of nitrogens with two attached hydrogens (primary N) is 2. The van der Waals surface area contributed by atoms with E-state index in [-0.39, 0.29) is 24.7 Å². The molecule has 0 heterocycles. The third-order valence-electron chi connectivity index (χ3n) is 3.28. The molecule has 23 heavy (non-hydrogen) atoms. The van der Waals surface area contributed by atoms with E-state index < -0.39 is 0 Å². The van der Waals surface area contributed by atoms with Crippen LogP contribution in [-0.4, -0.2) is 11.8 Å². The minimum absolute atomic E-state index is 0.171. The van der Waals surface area contributed by atoms with Crippen molar-refractivity contribution in [2.45, 2.75) is 19.3 Å². The van der Waals surface area contributed by atoms with E-state index in [2.05, 4.69) is 10.6 Å². The van der Waals surface area contributed by atoms with Crippen LogP contribution in [0.2, 0.25) is 0 Å². The van der Waals surface area contributed by atoms with Crippen molar-refractivity contribution in [3.05, 3.63) is 48.5 Å². The van der Waals surface area contributed by atoms with E-state index in [1.165, 1.54) is 0 Å². The third kappa shape index (κ3) is 5.03. The molecule has 0 spiro atoms. The molecule has 0 saturated heterocycles. The predicted molar refractivity (Wildman–Crippen MR) is 92.8 cm³/mol. The monoisotopic (exact) mass is 312 g/mol. The topological polar surface area (TPSA) is 110 Å². The summed E-state index contributed by atoms with van der Waals surface area (Å²) in [7, 11) is 0. The van der Waals surface area contributed by atoms with E-state index in [0.717, 1.165) is 0 Å². The van der Waals surface area contributed by atoms with Gasteiger partial charge in [-0.15, -0.1) is 0 Å². The molecule has 0 aromatic heterocycles. The van der Waals surface area contributed by atoms with Crippen LogP contribution < -0.4 is 22.1 Å². The number of hydrogen-bond acceptors (Lipinski definition) is 4. The summed E-state index contributed by atoms with van der Waals surface area (Å²) in [5.41, 5.74) is 13.7. The number of carbonyl (C=O) groups is 2. The molecule has 0 aliphatic heterocycles. The summed E-state index contributed by atoms with van der Waals surface area (Å²) < 4.78 is 0. The minimum atomic E-state index is -0.171. The van der Waals surface area contributed by atoms with Crippen molar-refractivity contribution in [3.8, 4) is 0 Å². The zero-order chi connectivity index (χ0) is 16.7. The smallest absolute Gasteiger partial charge is 0.224 e. The number of para-hydroxylation sites is 4. The van der Waals surface area contributed by atoms with Crippen LogP contribution in [0.5, 0.6) is 0 Å². The maximum atomic E-state index is 11.8. The quantitative estimate of drug-likeness (QED) is 0.614. The molecule has 0 bridgehead atoms. The summed E-state index contributed by atoms with van der Waals surface area (Å²) in [6.45, 7) is 0. The molecular formula is C17H20N4O2. The van der Waals surface area contributed by atoms with Crippen LogP contribution in [0.1, 0.15) is 19.3 Å². The van der Waals surface area contributed by atoms with Gasteiger partial charge in [-0.25, -0.2) is 0 Å². The van der Waals surface area contributed by atoms with Crippen LogP contribution in [0.3, 0.4) is 0 Å². The summed E-state index contributed by atoms with van der Waals surface area (Å²) in [5, 5.41) is 5.45. The Morgan fingerprint density at radius 1 is 0.739 bits per heavy atom. The van der Waals surface area contributed by atoms with E-state index in [1.54, 1.807) is 48.5 Å². The van der Waals surface area contributed by atoms with Crippen LogP contribution in [0.15, 0.2) is 48.5 Å². The van der Waals surface area contributed by atoms with Crippen LogP contribution >= 0.6 is 0 Å². The molecule has 0 unspecified atom stereocenters. The van der Waals surface area contributed by atoms with Crippen molar-refractivity contribution in [1.82, 2.24) is 0 Å². The van der Waals surface area contributed by atoms with Crippen LogP contribution in [-0.2, 0) is 9.59 Å². The highest BCUT2D eigenvalue weighted by molar-refractivity contribution is 5.95. The normalized spacial score (nSPS) is 10.1. The number of benzene rings is 2. The van der Waals surface area contributed by atoms with Crippen LogP contribution in [0, 0.1) is 0 Å². The van der Waals surface area contributed by atoms with Crippen molar-refractivity contribution in [2.24, 2.45) is 0 Å². The first-order valence-corrected chi connectivity index (χ1v) is 7.35. The highest BCUT2D eigenvalue weighted by Gasteiger charge is 2.08. The number of carbonyl (C=O) groups excluding carboxylic acids is 2. The number of rotatable bonds is 6. The molecule has 2 aromatic rings. The van der Waals surface area contributed by atoms with Crippen molar-refractivity contribution in [1.29, 1.82) is 0 Å². The third-order valence-corrected chi connectivity index (χ3v) is 3.28. The number of hydrogen-bond donors (Lipinski definition) is 4. The molecule has 0 saturated carbocycles. The minimum Gasteiger partial charge on any atom is -0.397 e. The molecule has 0 radical (unpaired) electrons. The van der Waals surface area contributed by atoms with Crippen molar-refractivity contribution in [3.63, 3.8) is 0 Å². The number of anilines is 4. The number of nitrogen functional groups attached to an aromatic ring is 2. The maximum Gasteiger partial charge on any atom is 0.224 e. The summed E-state index contributed by atoms with van der Waals surface area (Å²) in [5.74, 6) is -0.343. The van der Waals surface area contributed by atoms with Crippen molar-refractivity contribution in [2.75, 3.05) is 22.1 Å². The summed E-state index contributed by atoms with van der Waals surface area (Å²) in [6.07, 6.45) is 0.926. The van der Waals surface area contributed by atoms with E-state index in [9.17, 15) is 9.59 Å². The second kappa shape index (κ2) is 7.84. The lowest BCUT2D eigenvalue weighted by atomic mass is 10.2. The Labute approximate surface area is 134 Å². The second-order valence-corrected chi connectivity index (χ2v) is 5.12. The molecule has 0 aliphatic rings. The molecule has 0 fully saturated rings. The van der Waals surface area contributed by atoms with E-state index >= 15 is 0 Å². The molecular weight excluding hydrogens is 292 g/mol. The fourth-order valence-corrected chi connectivity index (χ4v) is 2.06. The SMILES string of the molecule is Nc1ccccc1NC(=O)CCCC(=O)Nc1ccccc1N. The average molecular weight is 312 g/mol. The van der Waals surface area contributed by atoms with Gasteiger partial charge in [-0.1, -0.05) is 24.3 Å². The van der Waals surface area contributed by atoms with Gasteiger partial charge in [0.25, 0.3) is 0 Å². The van der Waals surface area contributed by atoms with Gasteiger partial charge >= 0.3 is 0 Å². The molecule has 0 atom stereocenters. The number of nitrogens with one attached hydrogen (secondary N) is 2. The maximum absolute atomic E-state index is 11.8. The molecule has 2 aromatic carbocycles. The van der Waals surface area contributed by atoms with Gasteiger partial charge in [0.15, 0.2) is 0 Å². The molecule has 6 N–H and O–H groups in total. The Balaban J connectivity index is 1.74. The zero-order valence-corrected chi connectivity index (χ0v) is 12.7. The summed E-state index contributed by atoms with van der Waals surface area (Å²) in [6, 6.07) is 14.1. The Hall–Kier alpha value is -3.02. The van der Waals surface area contributed by atoms with Gasteiger partial charge in [-0.05, 0) is 30.7 Å². The van der Waals surface area contributed by atoms with Gasteiger partial charge in [-0.2, -0.15) is 0 Å².